The number of nitrogens with one attached hydrogen (secondary N) is 1. The molecular formula is C14H24N2O. The molecule has 1 rings (SSSR count). The van der Waals surface area contributed by atoms with Gasteiger partial charge in [-0.05, 0) is 37.6 Å². The number of nitrogens with zero attached hydrogens (tertiary/aromatic N) is 1. The van der Waals surface area contributed by atoms with E-state index in [-0.39, 0.29) is 12.6 Å². The highest BCUT2D eigenvalue weighted by molar-refractivity contribution is 5.47. The topological polar surface area (TPSA) is 35.5 Å². The molecule has 0 heterocycles. The molecule has 0 amide bonds. The SMILES string of the molecule is CCCNCc1ccc(N(C)C(C)CO)cc1. The maximum atomic E-state index is 9.11. The predicted molar refractivity (Wildman–Crippen MR) is 73.4 cm³/mol. The van der Waals surface area contributed by atoms with Crippen LogP contribution in [0.2, 0.25) is 0 Å². The Labute approximate surface area is 104 Å². The first-order chi connectivity index (χ1) is 8.19. The van der Waals surface area contributed by atoms with E-state index >= 15 is 0 Å². The van der Waals surface area contributed by atoms with Crippen molar-refractivity contribution in [3.63, 3.8) is 0 Å². The number of aliphatic hydroxyl groups is 1. The lowest BCUT2D eigenvalue weighted by Crippen LogP contribution is -2.31. The van der Waals surface area contributed by atoms with Gasteiger partial charge in [0.1, 0.15) is 0 Å². The fourth-order valence-corrected chi connectivity index (χ4v) is 1.64. The van der Waals surface area contributed by atoms with Crippen molar-refractivity contribution in [2.24, 2.45) is 0 Å². The molecule has 0 saturated carbocycles. The molecule has 1 aromatic rings. The Morgan fingerprint density at radius 3 is 2.47 bits per heavy atom. The van der Waals surface area contributed by atoms with Gasteiger partial charge in [-0.15, -0.1) is 0 Å². The third-order valence-corrected chi connectivity index (χ3v) is 3.02. The molecule has 0 aromatic heterocycles. The lowest BCUT2D eigenvalue weighted by atomic mass is 10.1. The standard InChI is InChI=1S/C14H24N2O/c1-4-9-15-10-13-5-7-14(8-6-13)16(3)12(2)11-17/h5-8,12,15,17H,4,9-11H2,1-3H3. The van der Waals surface area contributed by atoms with Crippen molar-refractivity contribution in [3.8, 4) is 0 Å². The van der Waals surface area contributed by atoms with Crippen LogP contribution >= 0.6 is 0 Å². The van der Waals surface area contributed by atoms with Crippen LogP contribution in [-0.4, -0.2) is 31.3 Å². The average molecular weight is 236 g/mol. The van der Waals surface area contributed by atoms with Crippen LogP contribution in [0.4, 0.5) is 5.69 Å². The monoisotopic (exact) mass is 236 g/mol. The zero-order valence-electron chi connectivity index (χ0n) is 11.1. The van der Waals surface area contributed by atoms with Gasteiger partial charge in [-0.3, -0.25) is 0 Å². The van der Waals surface area contributed by atoms with Crippen LogP contribution in [0.5, 0.6) is 0 Å². The predicted octanol–water partition coefficient (Wildman–Crippen LogP) is 2.00. The van der Waals surface area contributed by atoms with Gasteiger partial charge in [0.15, 0.2) is 0 Å². The van der Waals surface area contributed by atoms with Crippen molar-refractivity contribution in [3.05, 3.63) is 29.8 Å². The van der Waals surface area contributed by atoms with Crippen LogP contribution in [0.25, 0.3) is 0 Å². The third-order valence-electron chi connectivity index (χ3n) is 3.02. The van der Waals surface area contributed by atoms with E-state index in [1.54, 1.807) is 0 Å². The summed E-state index contributed by atoms with van der Waals surface area (Å²) in [7, 11) is 2.01. The number of aliphatic hydroxyl groups excluding tert-OH is 1. The van der Waals surface area contributed by atoms with Gasteiger partial charge in [0, 0.05) is 25.3 Å². The first-order valence-electron chi connectivity index (χ1n) is 6.32. The van der Waals surface area contributed by atoms with Crippen molar-refractivity contribution in [2.75, 3.05) is 25.1 Å². The van der Waals surface area contributed by atoms with Gasteiger partial charge in [0.25, 0.3) is 0 Å². The Morgan fingerprint density at radius 1 is 1.29 bits per heavy atom. The zero-order valence-corrected chi connectivity index (χ0v) is 11.1. The molecule has 0 radical (unpaired) electrons. The molecule has 3 heteroatoms. The molecule has 0 bridgehead atoms. The van der Waals surface area contributed by atoms with Gasteiger partial charge in [0.2, 0.25) is 0 Å². The summed E-state index contributed by atoms with van der Waals surface area (Å²) in [5.74, 6) is 0. The molecule has 0 spiro atoms. The summed E-state index contributed by atoms with van der Waals surface area (Å²) < 4.78 is 0. The smallest absolute Gasteiger partial charge is 0.0632 e. The Hall–Kier alpha value is -1.06. The minimum absolute atomic E-state index is 0.152. The zero-order chi connectivity index (χ0) is 12.7. The Balaban J connectivity index is 2.55. The second-order valence-corrected chi connectivity index (χ2v) is 4.49. The highest BCUT2D eigenvalue weighted by Gasteiger charge is 2.07. The number of likely N-dealkylation sites (N-methyl/N-ethyl adjacent to an activating group) is 1. The summed E-state index contributed by atoms with van der Waals surface area (Å²) in [5, 5.41) is 12.5. The largest absolute Gasteiger partial charge is 0.394 e. The molecule has 3 nitrogen and oxygen atoms in total. The van der Waals surface area contributed by atoms with Crippen molar-refractivity contribution in [1.29, 1.82) is 0 Å². The number of hydrogen-bond acceptors (Lipinski definition) is 3. The molecule has 17 heavy (non-hydrogen) atoms. The molecule has 96 valence electrons. The van der Waals surface area contributed by atoms with Gasteiger partial charge in [0.05, 0.1) is 6.61 Å². The third kappa shape index (κ3) is 4.36. The molecule has 0 saturated heterocycles. The maximum absolute atomic E-state index is 9.11. The van der Waals surface area contributed by atoms with Gasteiger partial charge >= 0.3 is 0 Å². The number of anilines is 1. The summed E-state index contributed by atoms with van der Waals surface area (Å²) in [6.07, 6.45) is 1.16. The van der Waals surface area contributed by atoms with E-state index in [1.165, 1.54) is 5.56 Å². The Bertz CT molecular complexity index is 311. The molecule has 0 fully saturated rings. The van der Waals surface area contributed by atoms with E-state index in [1.807, 2.05) is 14.0 Å². The van der Waals surface area contributed by atoms with Gasteiger partial charge in [-0.2, -0.15) is 0 Å². The van der Waals surface area contributed by atoms with E-state index in [9.17, 15) is 0 Å². The summed E-state index contributed by atoms with van der Waals surface area (Å²) in [6.45, 7) is 6.34. The van der Waals surface area contributed by atoms with E-state index in [0.717, 1.165) is 25.2 Å². The quantitative estimate of drug-likeness (QED) is 0.711. The highest BCUT2D eigenvalue weighted by atomic mass is 16.3. The lowest BCUT2D eigenvalue weighted by molar-refractivity contribution is 0.270. The number of rotatable bonds is 7. The molecular weight excluding hydrogens is 212 g/mol. The van der Waals surface area contributed by atoms with E-state index in [4.69, 9.17) is 5.11 Å². The van der Waals surface area contributed by atoms with Crippen LogP contribution in [0.1, 0.15) is 25.8 Å². The van der Waals surface area contributed by atoms with Crippen LogP contribution in [0.15, 0.2) is 24.3 Å². The van der Waals surface area contributed by atoms with Crippen LogP contribution in [-0.2, 0) is 6.54 Å². The minimum Gasteiger partial charge on any atom is -0.394 e. The van der Waals surface area contributed by atoms with Crippen LogP contribution in [0.3, 0.4) is 0 Å². The van der Waals surface area contributed by atoms with Crippen LogP contribution in [0, 0.1) is 0 Å². The highest BCUT2D eigenvalue weighted by Crippen LogP contribution is 2.15. The molecule has 1 aromatic carbocycles. The van der Waals surface area contributed by atoms with E-state index < -0.39 is 0 Å². The summed E-state index contributed by atoms with van der Waals surface area (Å²) in [6, 6.07) is 8.64. The Kier molecular flexibility index (Phi) is 6.01. The molecule has 0 aliphatic rings. The van der Waals surface area contributed by atoms with Crippen LogP contribution < -0.4 is 10.2 Å². The second-order valence-electron chi connectivity index (χ2n) is 4.49. The second kappa shape index (κ2) is 7.30. The summed E-state index contributed by atoms with van der Waals surface area (Å²) >= 11 is 0. The average Bonchev–Trinajstić information content (AvgIpc) is 2.38. The first kappa shape index (κ1) is 14.0. The number of hydrogen-bond donors (Lipinski definition) is 2. The molecule has 2 N–H and O–H groups in total. The molecule has 0 aliphatic heterocycles. The fraction of sp³-hybridized carbons (Fsp3) is 0.571. The van der Waals surface area contributed by atoms with Crippen molar-refractivity contribution in [2.45, 2.75) is 32.9 Å². The van der Waals surface area contributed by atoms with Gasteiger partial charge in [-0.25, -0.2) is 0 Å². The summed E-state index contributed by atoms with van der Waals surface area (Å²) in [5.41, 5.74) is 2.44. The van der Waals surface area contributed by atoms with Gasteiger partial charge in [-0.1, -0.05) is 19.1 Å². The van der Waals surface area contributed by atoms with Crippen molar-refractivity contribution < 1.29 is 5.11 Å². The van der Waals surface area contributed by atoms with Gasteiger partial charge < -0.3 is 15.3 Å². The molecule has 0 aliphatic carbocycles. The van der Waals surface area contributed by atoms with E-state index in [2.05, 4.69) is 41.4 Å². The fourth-order valence-electron chi connectivity index (χ4n) is 1.64. The maximum Gasteiger partial charge on any atom is 0.0632 e. The first-order valence-corrected chi connectivity index (χ1v) is 6.32. The summed E-state index contributed by atoms with van der Waals surface area (Å²) in [4.78, 5) is 2.09. The van der Waals surface area contributed by atoms with E-state index in [0.29, 0.717) is 0 Å². The number of benzene rings is 1. The molecule has 1 atom stereocenters. The Morgan fingerprint density at radius 2 is 1.94 bits per heavy atom. The normalized spacial score (nSPS) is 12.5. The minimum atomic E-state index is 0.152. The van der Waals surface area contributed by atoms with Crippen molar-refractivity contribution >= 4 is 5.69 Å². The van der Waals surface area contributed by atoms with Crippen molar-refractivity contribution in [1.82, 2.24) is 5.32 Å². The molecule has 1 unspecified atom stereocenters. The lowest BCUT2D eigenvalue weighted by Gasteiger charge is -2.25.